The monoisotopic (exact) mass is 250 g/mol. The second-order valence-corrected chi connectivity index (χ2v) is 4.81. The van der Waals surface area contributed by atoms with E-state index in [1.807, 2.05) is 7.05 Å². The van der Waals surface area contributed by atoms with Crippen LogP contribution in [0.3, 0.4) is 0 Å². The molecule has 1 N–H and O–H groups in total. The molecular weight excluding hydrogens is 224 g/mol. The third-order valence-electron chi connectivity index (χ3n) is 3.20. The zero-order valence-corrected chi connectivity index (χ0v) is 12.0. The van der Waals surface area contributed by atoms with Crippen molar-refractivity contribution in [1.29, 1.82) is 0 Å². The number of benzene rings is 1. The summed E-state index contributed by atoms with van der Waals surface area (Å²) in [5, 5.41) is 3.30. The maximum absolute atomic E-state index is 5.22. The molecule has 0 spiro atoms. The minimum Gasteiger partial charge on any atom is -0.383 e. The summed E-state index contributed by atoms with van der Waals surface area (Å²) in [5.41, 5.74) is 1.36. The molecule has 102 valence electrons. The Morgan fingerprint density at radius 3 is 2.39 bits per heavy atom. The predicted molar refractivity (Wildman–Crippen MR) is 76.8 cm³/mol. The molecule has 0 aliphatic carbocycles. The lowest BCUT2D eigenvalue weighted by molar-refractivity contribution is 0.0952. The van der Waals surface area contributed by atoms with Gasteiger partial charge in [-0.25, -0.2) is 0 Å². The SMILES string of the molecule is CNCC(c1ccccc1)N(CCOC)C(C)C. The third kappa shape index (κ3) is 4.41. The Kier molecular flexibility index (Phi) is 6.94. The lowest BCUT2D eigenvalue weighted by Gasteiger charge is -2.35. The van der Waals surface area contributed by atoms with Crippen molar-refractivity contribution in [2.24, 2.45) is 0 Å². The van der Waals surface area contributed by atoms with Crippen LogP contribution in [-0.4, -0.2) is 44.8 Å². The Bertz CT molecular complexity index is 314. The minimum absolute atomic E-state index is 0.395. The van der Waals surface area contributed by atoms with Gasteiger partial charge in [0.2, 0.25) is 0 Å². The van der Waals surface area contributed by atoms with Crippen LogP contribution in [-0.2, 0) is 4.74 Å². The normalized spacial score (nSPS) is 13.2. The van der Waals surface area contributed by atoms with Crippen molar-refractivity contribution in [3.8, 4) is 0 Å². The van der Waals surface area contributed by atoms with Gasteiger partial charge in [-0.3, -0.25) is 4.90 Å². The summed E-state index contributed by atoms with van der Waals surface area (Å²) < 4.78 is 5.22. The largest absolute Gasteiger partial charge is 0.383 e. The fraction of sp³-hybridized carbons (Fsp3) is 0.600. The van der Waals surface area contributed by atoms with E-state index in [1.54, 1.807) is 7.11 Å². The number of nitrogens with zero attached hydrogens (tertiary/aromatic N) is 1. The zero-order chi connectivity index (χ0) is 13.4. The van der Waals surface area contributed by atoms with Gasteiger partial charge >= 0.3 is 0 Å². The van der Waals surface area contributed by atoms with Crippen LogP contribution in [0.15, 0.2) is 30.3 Å². The van der Waals surface area contributed by atoms with Gasteiger partial charge in [-0.1, -0.05) is 30.3 Å². The number of likely N-dealkylation sites (N-methyl/N-ethyl adjacent to an activating group) is 1. The van der Waals surface area contributed by atoms with E-state index in [-0.39, 0.29) is 0 Å². The van der Waals surface area contributed by atoms with Crippen molar-refractivity contribution < 1.29 is 4.74 Å². The summed E-state index contributed by atoms with van der Waals surface area (Å²) in [6.07, 6.45) is 0. The van der Waals surface area contributed by atoms with Crippen molar-refractivity contribution in [1.82, 2.24) is 10.2 Å². The highest BCUT2D eigenvalue weighted by Crippen LogP contribution is 2.22. The standard InChI is InChI=1S/C15H26N2O/c1-13(2)17(10-11-18-4)15(12-16-3)14-8-6-5-7-9-14/h5-9,13,15-16H,10-12H2,1-4H3. The molecule has 1 rings (SSSR count). The van der Waals surface area contributed by atoms with Gasteiger partial charge in [0, 0.05) is 32.3 Å². The molecule has 18 heavy (non-hydrogen) atoms. The van der Waals surface area contributed by atoms with Crippen LogP contribution in [0.1, 0.15) is 25.5 Å². The summed E-state index contributed by atoms with van der Waals surface area (Å²) >= 11 is 0. The molecule has 0 fully saturated rings. The zero-order valence-electron chi connectivity index (χ0n) is 12.0. The molecular formula is C15H26N2O. The van der Waals surface area contributed by atoms with E-state index >= 15 is 0 Å². The highest BCUT2D eigenvalue weighted by Gasteiger charge is 2.21. The second kappa shape index (κ2) is 8.25. The first-order valence-electron chi connectivity index (χ1n) is 6.65. The highest BCUT2D eigenvalue weighted by atomic mass is 16.5. The average molecular weight is 250 g/mol. The molecule has 0 aromatic heterocycles. The Morgan fingerprint density at radius 2 is 1.89 bits per heavy atom. The van der Waals surface area contributed by atoms with Crippen LogP contribution in [0.5, 0.6) is 0 Å². The molecule has 0 saturated carbocycles. The van der Waals surface area contributed by atoms with Crippen molar-refractivity contribution in [3.63, 3.8) is 0 Å². The highest BCUT2D eigenvalue weighted by molar-refractivity contribution is 5.19. The summed E-state index contributed by atoms with van der Waals surface area (Å²) in [5.74, 6) is 0. The van der Waals surface area contributed by atoms with Crippen molar-refractivity contribution in [2.75, 3.05) is 33.9 Å². The van der Waals surface area contributed by atoms with Crippen LogP contribution >= 0.6 is 0 Å². The Labute approximate surface area is 111 Å². The van der Waals surface area contributed by atoms with E-state index in [0.717, 1.165) is 19.7 Å². The van der Waals surface area contributed by atoms with Crippen LogP contribution in [0.2, 0.25) is 0 Å². The van der Waals surface area contributed by atoms with Gasteiger partial charge in [0.1, 0.15) is 0 Å². The molecule has 1 atom stereocenters. The van der Waals surface area contributed by atoms with Gasteiger partial charge in [-0.2, -0.15) is 0 Å². The van der Waals surface area contributed by atoms with Crippen molar-refractivity contribution in [3.05, 3.63) is 35.9 Å². The quantitative estimate of drug-likeness (QED) is 0.766. The van der Waals surface area contributed by atoms with Crippen LogP contribution < -0.4 is 5.32 Å². The van der Waals surface area contributed by atoms with Gasteiger partial charge < -0.3 is 10.1 Å². The fourth-order valence-corrected chi connectivity index (χ4v) is 2.27. The predicted octanol–water partition coefficient (Wildman–Crippen LogP) is 2.30. The molecule has 3 nitrogen and oxygen atoms in total. The maximum Gasteiger partial charge on any atom is 0.0590 e. The van der Waals surface area contributed by atoms with Gasteiger partial charge in [-0.15, -0.1) is 0 Å². The van der Waals surface area contributed by atoms with Crippen molar-refractivity contribution in [2.45, 2.75) is 25.9 Å². The van der Waals surface area contributed by atoms with Crippen LogP contribution in [0.25, 0.3) is 0 Å². The van der Waals surface area contributed by atoms with Gasteiger partial charge in [0.15, 0.2) is 0 Å². The molecule has 1 aromatic carbocycles. The lowest BCUT2D eigenvalue weighted by atomic mass is 10.0. The second-order valence-electron chi connectivity index (χ2n) is 4.81. The molecule has 0 amide bonds. The van der Waals surface area contributed by atoms with Crippen LogP contribution in [0, 0.1) is 0 Å². The summed E-state index contributed by atoms with van der Waals surface area (Å²) in [6.45, 7) is 7.15. The summed E-state index contributed by atoms with van der Waals surface area (Å²) in [4.78, 5) is 2.48. The first-order chi connectivity index (χ1) is 8.70. The number of ether oxygens (including phenoxy) is 1. The molecule has 0 heterocycles. The summed E-state index contributed by atoms with van der Waals surface area (Å²) in [6, 6.07) is 11.6. The molecule has 0 aliphatic heterocycles. The maximum atomic E-state index is 5.22. The lowest BCUT2D eigenvalue weighted by Crippen LogP contribution is -2.41. The first kappa shape index (κ1) is 15.2. The first-order valence-corrected chi connectivity index (χ1v) is 6.65. The Hall–Kier alpha value is -0.900. The fourth-order valence-electron chi connectivity index (χ4n) is 2.27. The molecule has 1 aromatic rings. The molecule has 0 bridgehead atoms. The molecule has 0 saturated heterocycles. The smallest absolute Gasteiger partial charge is 0.0590 e. The molecule has 0 aliphatic rings. The van der Waals surface area contributed by atoms with E-state index in [9.17, 15) is 0 Å². The van der Waals surface area contributed by atoms with Gasteiger partial charge in [0.25, 0.3) is 0 Å². The molecule has 0 radical (unpaired) electrons. The number of rotatable bonds is 8. The van der Waals surface area contributed by atoms with Gasteiger partial charge in [0.05, 0.1) is 6.61 Å². The van der Waals surface area contributed by atoms with Crippen molar-refractivity contribution >= 4 is 0 Å². The third-order valence-corrected chi connectivity index (χ3v) is 3.20. The Balaban J connectivity index is 2.86. The number of hydrogen-bond acceptors (Lipinski definition) is 3. The van der Waals surface area contributed by atoms with E-state index in [0.29, 0.717) is 12.1 Å². The number of methoxy groups -OCH3 is 1. The van der Waals surface area contributed by atoms with E-state index < -0.39 is 0 Å². The molecule has 3 heteroatoms. The van der Waals surface area contributed by atoms with E-state index in [2.05, 4.69) is 54.4 Å². The number of hydrogen-bond donors (Lipinski definition) is 1. The minimum atomic E-state index is 0.395. The van der Waals surface area contributed by atoms with Crippen LogP contribution in [0.4, 0.5) is 0 Å². The number of nitrogens with one attached hydrogen (secondary N) is 1. The van der Waals surface area contributed by atoms with Gasteiger partial charge in [-0.05, 0) is 26.5 Å². The van der Waals surface area contributed by atoms with E-state index in [1.165, 1.54) is 5.56 Å². The molecule has 1 unspecified atom stereocenters. The van der Waals surface area contributed by atoms with E-state index in [4.69, 9.17) is 4.74 Å². The summed E-state index contributed by atoms with van der Waals surface area (Å²) in [7, 11) is 3.76. The average Bonchev–Trinajstić information content (AvgIpc) is 2.38. The Morgan fingerprint density at radius 1 is 1.22 bits per heavy atom. The topological polar surface area (TPSA) is 24.5 Å².